The number of aromatic nitrogens is 1. The van der Waals surface area contributed by atoms with E-state index in [9.17, 15) is 4.79 Å². The summed E-state index contributed by atoms with van der Waals surface area (Å²) < 4.78 is 0.528. The first-order valence-corrected chi connectivity index (χ1v) is 9.89. The molecule has 0 saturated carbocycles. The Morgan fingerprint density at radius 2 is 2.09 bits per heavy atom. The van der Waals surface area contributed by atoms with E-state index in [0.717, 1.165) is 14.6 Å². The van der Waals surface area contributed by atoms with E-state index in [1.54, 1.807) is 6.20 Å². The van der Waals surface area contributed by atoms with E-state index >= 15 is 0 Å². The van der Waals surface area contributed by atoms with Gasteiger partial charge in [0.25, 0.3) is 5.91 Å². The van der Waals surface area contributed by atoms with E-state index in [4.69, 9.17) is 11.6 Å². The normalized spacial score (nSPS) is 29.7. The highest BCUT2D eigenvalue weighted by atomic mass is 35.5. The molecule has 3 fully saturated rings. The van der Waals surface area contributed by atoms with Crippen molar-refractivity contribution in [2.24, 2.45) is 5.92 Å². The van der Waals surface area contributed by atoms with Crippen LogP contribution in [0, 0.1) is 5.92 Å². The second kappa shape index (κ2) is 6.16. The van der Waals surface area contributed by atoms with E-state index in [-0.39, 0.29) is 11.9 Å². The number of hydrogen-bond donors (Lipinski definition) is 1. The lowest BCUT2D eigenvalue weighted by molar-refractivity contribution is 0.0218. The van der Waals surface area contributed by atoms with Crippen molar-refractivity contribution < 1.29 is 4.79 Å². The molecule has 0 aliphatic carbocycles. The topological polar surface area (TPSA) is 45.2 Å². The van der Waals surface area contributed by atoms with Crippen molar-refractivity contribution in [3.05, 3.63) is 27.7 Å². The van der Waals surface area contributed by atoms with E-state index in [1.807, 2.05) is 12.1 Å². The quantitative estimate of drug-likeness (QED) is 0.898. The number of amides is 1. The molecule has 2 aromatic rings. The Morgan fingerprint density at radius 3 is 2.74 bits per heavy atom. The number of nitrogens with zero attached hydrogens (tertiary/aromatic N) is 2. The Kier molecular flexibility index (Phi) is 4.17. The van der Waals surface area contributed by atoms with Gasteiger partial charge in [0.1, 0.15) is 0 Å². The standard InChI is InChI=1S/C16H18ClN3OS2/c1-9-14(10-4-6-20(9)7-5-10)19-15(21)12-3-2-11(22-12)13-8-18-16(17)23-13/h2-3,8-10,14H,4-7H2,1H3,(H,19,21)/t9-,14-/m0/s1. The summed E-state index contributed by atoms with van der Waals surface area (Å²) in [4.78, 5) is 22.0. The monoisotopic (exact) mass is 367 g/mol. The Labute approximate surface area is 148 Å². The minimum atomic E-state index is 0.0439. The molecule has 122 valence electrons. The maximum atomic E-state index is 12.6. The van der Waals surface area contributed by atoms with Crippen LogP contribution in [0.1, 0.15) is 29.4 Å². The summed E-state index contributed by atoms with van der Waals surface area (Å²) in [6, 6.07) is 4.58. The summed E-state index contributed by atoms with van der Waals surface area (Å²) in [6.07, 6.45) is 4.16. The summed E-state index contributed by atoms with van der Waals surface area (Å²) in [5, 5.41) is 3.28. The highest BCUT2D eigenvalue weighted by Gasteiger charge is 2.40. The summed E-state index contributed by atoms with van der Waals surface area (Å²) in [6.45, 7) is 4.58. The number of fused-ring (bicyclic) bond motifs is 3. The van der Waals surface area contributed by atoms with Crippen molar-refractivity contribution in [1.82, 2.24) is 15.2 Å². The highest BCUT2D eigenvalue weighted by Crippen LogP contribution is 2.35. The molecule has 0 radical (unpaired) electrons. The second-order valence-corrected chi connectivity index (χ2v) is 8.95. The molecular formula is C16H18ClN3OS2. The van der Waals surface area contributed by atoms with Crippen LogP contribution in [-0.4, -0.2) is 41.0 Å². The van der Waals surface area contributed by atoms with Crippen LogP contribution in [0.5, 0.6) is 0 Å². The Bertz CT molecular complexity index is 718. The van der Waals surface area contributed by atoms with Gasteiger partial charge in [-0.3, -0.25) is 9.69 Å². The number of halogens is 1. The first-order valence-electron chi connectivity index (χ1n) is 7.88. The Morgan fingerprint density at radius 1 is 1.30 bits per heavy atom. The van der Waals surface area contributed by atoms with E-state index in [1.165, 1.54) is 48.6 Å². The molecule has 1 N–H and O–H groups in total. The molecule has 5 rings (SSSR count). The molecule has 3 aliphatic rings. The molecule has 0 aromatic carbocycles. The van der Waals surface area contributed by atoms with Crippen LogP contribution in [0.25, 0.3) is 9.75 Å². The molecule has 2 atom stereocenters. The molecule has 4 nitrogen and oxygen atoms in total. The lowest BCUT2D eigenvalue weighted by Crippen LogP contribution is -2.62. The van der Waals surface area contributed by atoms with Crippen molar-refractivity contribution in [1.29, 1.82) is 0 Å². The molecule has 23 heavy (non-hydrogen) atoms. The maximum absolute atomic E-state index is 12.6. The molecule has 0 unspecified atom stereocenters. The van der Waals surface area contributed by atoms with Gasteiger partial charge >= 0.3 is 0 Å². The number of thiazole rings is 1. The zero-order chi connectivity index (χ0) is 16.0. The fourth-order valence-corrected chi connectivity index (χ4v) is 5.65. The van der Waals surface area contributed by atoms with Crippen molar-refractivity contribution in [2.45, 2.75) is 31.8 Å². The van der Waals surface area contributed by atoms with Gasteiger partial charge in [-0.2, -0.15) is 0 Å². The van der Waals surface area contributed by atoms with Gasteiger partial charge in [0.15, 0.2) is 4.47 Å². The zero-order valence-corrected chi connectivity index (χ0v) is 15.2. The predicted molar refractivity (Wildman–Crippen MR) is 95.5 cm³/mol. The molecule has 0 spiro atoms. The third-order valence-electron chi connectivity index (χ3n) is 5.03. The van der Waals surface area contributed by atoms with Gasteiger partial charge in [-0.15, -0.1) is 22.7 Å². The number of carbonyl (C=O) groups is 1. The lowest BCUT2D eigenvalue weighted by Gasteiger charge is -2.49. The third kappa shape index (κ3) is 2.93. The Balaban J connectivity index is 1.48. The highest BCUT2D eigenvalue weighted by molar-refractivity contribution is 7.24. The van der Waals surface area contributed by atoms with Crippen LogP contribution in [0.4, 0.5) is 0 Å². The van der Waals surface area contributed by atoms with E-state index in [0.29, 0.717) is 16.4 Å². The van der Waals surface area contributed by atoms with Gasteiger partial charge in [-0.1, -0.05) is 11.6 Å². The molecule has 2 bridgehead atoms. The van der Waals surface area contributed by atoms with E-state index in [2.05, 4.69) is 22.1 Å². The first-order chi connectivity index (χ1) is 11.1. The van der Waals surface area contributed by atoms with Crippen LogP contribution in [0.2, 0.25) is 4.47 Å². The average molecular weight is 368 g/mol. The van der Waals surface area contributed by atoms with Crippen LogP contribution in [-0.2, 0) is 0 Å². The molecule has 1 amide bonds. The molecule has 3 aliphatic heterocycles. The summed E-state index contributed by atoms with van der Waals surface area (Å²) >= 11 is 8.83. The van der Waals surface area contributed by atoms with Gasteiger partial charge < -0.3 is 5.32 Å². The fraction of sp³-hybridized carbons (Fsp3) is 0.500. The maximum Gasteiger partial charge on any atom is 0.261 e. The molecular weight excluding hydrogens is 350 g/mol. The van der Waals surface area contributed by atoms with Crippen LogP contribution < -0.4 is 5.32 Å². The second-order valence-electron chi connectivity index (χ2n) is 6.25. The molecule has 3 saturated heterocycles. The van der Waals surface area contributed by atoms with Crippen molar-refractivity contribution in [3.8, 4) is 9.75 Å². The van der Waals surface area contributed by atoms with Gasteiger partial charge in [0.2, 0.25) is 0 Å². The van der Waals surface area contributed by atoms with Gasteiger partial charge in [-0.05, 0) is 50.9 Å². The molecule has 5 heterocycles. The van der Waals surface area contributed by atoms with Gasteiger partial charge in [0.05, 0.1) is 9.75 Å². The molecule has 7 heteroatoms. The van der Waals surface area contributed by atoms with Crippen molar-refractivity contribution in [3.63, 3.8) is 0 Å². The van der Waals surface area contributed by atoms with Crippen LogP contribution in [0.15, 0.2) is 18.3 Å². The van der Waals surface area contributed by atoms with Crippen LogP contribution >= 0.6 is 34.3 Å². The van der Waals surface area contributed by atoms with Crippen LogP contribution in [0.3, 0.4) is 0 Å². The minimum Gasteiger partial charge on any atom is -0.347 e. The van der Waals surface area contributed by atoms with E-state index < -0.39 is 0 Å². The summed E-state index contributed by atoms with van der Waals surface area (Å²) in [5.74, 6) is 0.668. The fourth-order valence-electron chi connectivity index (χ4n) is 3.73. The minimum absolute atomic E-state index is 0.0439. The van der Waals surface area contributed by atoms with Gasteiger partial charge in [0, 0.05) is 23.2 Å². The SMILES string of the molecule is C[C@H]1[C@H](NC(=O)c2ccc(-c3cnc(Cl)s3)s2)C2CCN1CC2. The average Bonchev–Trinajstić information content (AvgIpc) is 3.20. The summed E-state index contributed by atoms with van der Waals surface area (Å²) in [7, 11) is 0. The van der Waals surface area contributed by atoms with Crippen molar-refractivity contribution >= 4 is 40.2 Å². The first kappa shape index (κ1) is 15.6. The van der Waals surface area contributed by atoms with Crippen molar-refractivity contribution in [2.75, 3.05) is 13.1 Å². The number of thiophene rings is 1. The number of piperidine rings is 3. The Hall–Kier alpha value is -0.950. The number of hydrogen-bond acceptors (Lipinski definition) is 5. The zero-order valence-electron chi connectivity index (χ0n) is 12.8. The smallest absolute Gasteiger partial charge is 0.261 e. The number of carbonyl (C=O) groups excluding carboxylic acids is 1. The number of nitrogens with one attached hydrogen (secondary N) is 1. The van der Waals surface area contributed by atoms with Gasteiger partial charge in [-0.25, -0.2) is 4.98 Å². The predicted octanol–water partition coefficient (Wildman–Crippen LogP) is 3.74. The third-order valence-corrected chi connectivity index (χ3v) is 7.42. The largest absolute Gasteiger partial charge is 0.347 e. The summed E-state index contributed by atoms with van der Waals surface area (Å²) in [5.41, 5.74) is 0. The number of rotatable bonds is 3. The molecule has 2 aromatic heterocycles. The lowest BCUT2D eigenvalue weighted by atomic mass is 9.79.